The van der Waals surface area contributed by atoms with E-state index in [9.17, 15) is 0 Å². The van der Waals surface area contributed by atoms with Crippen LogP contribution in [0.2, 0.25) is 0 Å². The van der Waals surface area contributed by atoms with Gasteiger partial charge in [0.2, 0.25) is 0 Å². The smallest absolute Gasteiger partial charge is 0.119 e. The summed E-state index contributed by atoms with van der Waals surface area (Å²) in [6.07, 6.45) is 7.60. The largest absolute Gasteiger partial charge is 0.494 e. The number of hydrogen-bond donors (Lipinski definition) is 0. The van der Waals surface area contributed by atoms with Crippen LogP contribution in [0, 0.1) is 6.92 Å². The predicted molar refractivity (Wildman–Crippen MR) is 70.1 cm³/mol. The van der Waals surface area contributed by atoms with Gasteiger partial charge in [-0.15, -0.1) is 0 Å². The van der Waals surface area contributed by atoms with Crippen molar-refractivity contribution < 1.29 is 4.74 Å². The number of allylic oxidation sites excluding steroid dienone is 2. The number of rotatable bonds is 6. The van der Waals surface area contributed by atoms with E-state index in [0.29, 0.717) is 0 Å². The minimum atomic E-state index is 0.803. The van der Waals surface area contributed by atoms with Crippen LogP contribution in [-0.4, -0.2) is 6.61 Å². The molecule has 1 heteroatoms. The molecule has 0 aliphatic rings. The van der Waals surface area contributed by atoms with Gasteiger partial charge in [-0.2, -0.15) is 0 Å². The molecule has 1 aromatic carbocycles. The van der Waals surface area contributed by atoms with E-state index in [1.807, 2.05) is 0 Å². The summed E-state index contributed by atoms with van der Waals surface area (Å²) in [5.41, 5.74) is 2.75. The van der Waals surface area contributed by atoms with Crippen LogP contribution in [0.1, 0.15) is 37.8 Å². The topological polar surface area (TPSA) is 9.23 Å². The Morgan fingerprint density at radius 1 is 1.31 bits per heavy atom. The molecule has 0 radical (unpaired) electrons. The molecule has 1 nitrogen and oxygen atoms in total. The van der Waals surface area contributed by atoms with Crippen molar-refractivity contribution in [3.8, 4) is 5.75 Å². The van der Waals surface area contributed by atoms with E-state index < -0.39 is 0 Å². The summed E-state index contributed by atoms with van der Waals surface area (Å²) in [5, 5.41) is 0. The highest BCUT2D eigenvalue weighted by Gasteiger charge is 2.00. The van der Waals surface area contributed by atoms with E-state index in [1.54, 1.807) is 0 Å². The van der Waals surface area contributed by atoms with Gasteiger partial charge in [0.1, 0.15) is 5.75 Å². The highest BCUT2D eigenvalue weighted by Crippen LogP contribution is 2.18. The molecule has 0 aliphatic carbocycles. The Balaban J connectivity index is 2.60. The fourth-order valence-corrected chi connectivity index (χ4v) is 1.66. The van der Waals surface area contributed by atoms with Crippen molar-refractivity contribution in [1.82, 2.24) is 0 Å². The SMILES string of the molecule is C/C=C\CCc1ccc(OCCC)cc1C. The van der Waals surface area contributed by atoms with Crippen LogP contribution in [0.3, 0.4) is 0 Å². The first-order chi connectivity index (χ1) is 7.77. The third-order valence-electron chi connectivity index (χ3n) is 2.60. The number of aryl methyl sites for hydroxylation is 2. The van der Waals surface area contributed by atoms with Crippen molar-refractivity contribution in [2.24, 2.45) is 0 Å². The fraction of sp³-hybridized carbons (Fsp3) is 0.467. The Morgan fingerprint density at radius 3 is 2.75 bits per heavy atom. The average molecular weight is 218 g/mol. The van der Waals surface area contributed by atoms with Gasteiger partial charge in [0.15, 0.2) is 0 Å². The van der Waals surface area contributed by atoms with E-state index in [1.165, 1.54) is 11.1 Å². The maximum Gasteiger partial charge on any atom is 0.119 e. The van der Waals surface area contributed by atoms with Crippen molar-refractivity contribution in [2.45, 2.75) is 40.0 Å². The van der Waals surface area contributed by atoms with Crippen molar-refractivity contribution in [3.05, 3.63) is 41.5 Å². The van der Waals surface area contributed by atoms with Gasteiger partial charge < -0.3 is 4.74 Å². The summed E-state index contributed by atoms with van der Waals surface area (Å²) >= 11 is 0. The molecule has 0 saturated heterocycles. The lowest BCUT2D eigenvalue weighted by atomic mass is 10.0. The predicted octanol–water partition coefficient (Wildman–Crippen LogP) is 4.29. The summed E-state index contributed by atoms with van der Waals surface area (Å²) in [7, 11) is 0. The van der Waals surface area contributed by atoms with E-state index >= 15 is 0 Å². The van der Waals surface area contributed by atoms with Crippen LogP contribution in [0.25, 0.3) is 0 Å². The van der Waals surface area contributed by atoms with Crippen LogP contribution in [0.4, 0.5) is 0 Å². The van der Waals surface area contributed by atoms with Crippen LogP contribution in [-0.2, 0) is 6.42 Å². The minimum absolute atomic E-state index is 0.803. The Kier molecular flexibility index (Phi) is 5.69. The van der Waals surface area contributed by atoms with Crippen molar-refractivity contribution >= 4 is 0 Å². The quantitative estimate of drug-likeness (QED) is 0.647. The molecule has 0 saturated carbocycles. The Bertz CT molecular complexity index is 339. The third-order valence-corrected chi connectivity index (χ3v) is 2.60. The maximum atomic E-state index is 5.60. The van der Waals surface area contributed by atoms with Crippen LogP contribution < -0.4 is 4.74 Å². The Hall–Kier alpha value is -1.24. The number of benzene rings is 1. The maximum absolute atomic E-state index is 5.60. The summed E-state index contributed by atoms with van der Waals surface area (Å²) < 4.78 is 5.60. The molecular weight excluding hydrogens is 196 g/mol. The van der Waals surface area contributed by atoms with Gasteiger partial charge >= 0.3 is 0 Å². The standard InChI is InChI=1S/C15H22O/c1-4-6-7-8-14-9-10-15(12-13(14)3)16-11-5-2/h4,6,9-10,12H,5,7-8,11H2,1-3H3/b6-4-. The minimum Gasteiger partial charge on any atom is -0.494 e. The van der Waals surface area contributed by atoms with Crippen molar-refractivity contribution in [3.63, 3.8) is 0 Å². The zero-order valence-electron chi connectivity index (χ0n) is 10.6. The van der Waals surface area contributed by atoms with Crippen LogP contribution in [0.15, 0.2) is 30.4 Å². The molecule has 0 atom stereocenters. The van der Waals surface area contributed by atoms with Gasteiger partial charge in [-0.1, -0.05) is 25.1 Å². The van der Waals surface area contributed by atoms with Gasteiger partial charge in [-0.25, -0.2) is 0 Å². The molecule has 1 aromatic rings. The van der Waals surface area contributed by atoms with Gasteiger partial charge in [-0.3, -0.25) is 0 Å². The number of ether oxygens (including phenoxy) is 1. The van der Waals surface area contributed by atoms with Gasteiger partial charge in [0.25, 0.3) is 0 Å². The zero-order valence-corrected chi connectivity index (χ0v) is 10.6. The summed E-state index contributed by atoms with van der Waals surface area (Å²) in [6, 6.07) is 6.40. The molecule has 0 spiro atoms. The lowest BCUT2D eigenvalue weighted by molar-refractivity contribution is 0.317. The molecule has 0 fully saturated rings. The molecular formula is C15H22O. The summed E-state index contributed by atoms with van der Waals surface area (Å²) in [5.74, 6) is 0.995. The lowest BCUT2D eigenvalue weighted by Gasteiger charge is -2.08. The lowest BCUT2D eigenvalue weighted by Crippen LogP contribution is -1.96. The molecule has 0 aromatic heterocycles. The Labute approximate surface area is 99.1 Å². The monoisotopic (exact) mass is 218 g/mol. The first-order valence-electron chi connectivity index (χ1n) is 6.11. The number of hydrogen-bond acceptors (Lipinski definition) is 1. The first kappa shape index (κ1) is 12.8. The van der Waals surface area contributed by atoms with Crippen molar-refractivity contribution in [1.29, 1.82) is 0 Å². The molecule has 88 valence electrons. The molecule has 0 bridgehead atoms. The molecule has 0 heterocycles. The molecule has 1 rings (SSSR count). The van der Waals surface area contributed by atoms with E-state index in [0.717, 1.165) is 31.6 Å². The highest BCUT2D eigenvalue weighted by molar-refractivity contribution is 5.35. The molecule has 0 unspecified atom stereocenters. The highest BCUT2D eigenvalue weighted by atomic mass is 16.5. The summed E-state index contributed by atoms with van der Waals surface area (Å²) in [6.45, 7) is 7.15. The van der Waals surface area contributed by atoms with Crippen molar-refractivity contribution in [2.75, 3.05) is 6.61 Å². The zero-order chi connectivity index (χ0) is 11.8. The molecule has 0 amide bonds. The second-order valence-electron chi connectivity index (χ2n) is 4.04. The second-order valence-corrected chi connectivity index (χ2v) is 4.04. The van der Waals surface area contributed by atoms with Gasteiger partial charge in [0.05, 0.1) is 6.61 Å². The first-order valence-corrected chi connectivity index (χ1v) is 6.11. The molecule has 0 N–H and O–H groups in total. The normalized spacial score (nSPS) is 10.9. The fourth-order valence-electron chi connectivity index (χ4n) is 1.66. The molecule has 0 aliphatic heterocycles. The van der Waals surface area contributed by atoms with Gasteiger partial charge in [-0.05, 0) is 56.4 Å². The third kappa shape index (κ3) is 4.09. The Morgan fingerprint density at radius 2 is 2.12 bits per heavy atom. The van der Waals surface area contributed by atoms with Gasteiger partial charge in [0, 0.05) is 0 Å². The van der Waals surface area contributed by atoms with Crippen LogP contribution >= 0.6 is 0 Å². The van der Waals surface area contributed by atoms with E-state index in [-0.39, 0.29) is 0 Å². The van der Waals surface area contributed by atoms with E-state index in [4.69, 9.17) is 4.74 Å². The van der Waals surface area contributed by atoms with E-state index in [2.05, 4.69) is 51.1 Å². The average Bonchev–Trinajstić information content (AvgIpc) is 2.29. The summed E-state index contributed by atoms with van der Waals surface area (Å²) in [4.78, 5) is 0. The second kappa shape index (κ2) is 7.10. The molecule has 16 heavy (non-hydrogen) atoms. The van der Waals surface area contributed by atoms with Crippen LogP contribution in [0.5, 0.6) is 5.75 Å².